The molecule has 0 saturated heterocycles. The Morgan fingerprint density at radius 3 is 2.44 bits per heavy atom. The number of ether oxygens (including phenoxy) is 1. The lowest BCUT2D eigenvalue weighted by Gasteiger charge is -2.13. The van der Waals surface area contributed by atoms with Gasteiger partial charge in [-0.3, -0.25) is 9.36 Å². The molecular formula is C25H21ClN2O3S. The molecule has 7 heteroatoms. The van der Waals surface area contributed by atoms with Crippen LogP contribution >= 0.6 is 22.9 Å². The van der Waals surface area contributed by atoms with Gasteiger partial charge in [-0.1, -0.05) is 54.1 Å². The zero-order valence-electron chi connectivity index (χ0n) is 17.4. The first-order valence-corrected chi connectivity index (χ1v) is 11.4. The smallest absolute Gasteiger partial charge is 0.357 e. The minimum atomic E-state index is -0.559. The number of thiophene rings is 1. The number of halogens is 1. The molecule has 0 aliphatic rings. The Bertz CT molecular complexity index is 1220. The number of aromatic nitrogens is 1. The van der Waals surface area contributed by atoms with Crippen LogP contribution in [0.1, 0.15) is 23.0 Å². The van der Waals surface area contributed by atoms with Gasteiger partial charge in [-0.25, -0.2) is 4.79 Å². The monoisotopic (exact) mass is 464 g/mol. The number of anilines is 1. The van der Waals surface area contributed by atoms with Gasteiger partial charge in [0, 0.05) is 5.69 Å². The van der Waals surface area contributed by atoms with Crippen LogP contribution in [-0.4, -0.2) is 23.1 Å². The number of nitrogens with zero attached hydrogens (tertiary/aromatic N) is 1. The third kappa shape index (κ3) is 4.77. The van der Waals surface area contributed by atoms with Gasteiger partial charge < -0.3 is 10.1 Å². The fraction of sp³-hybridized carbons (Fsp3) is 0.120. The van der Waals surface area contributed by atoms with Crippen molar-refractivity contribution in [1.82, 2.24) is 4.57 Å². The Hall–Kier alpha value is -3.35. The van der Waals surface area contributed by atoms with Crippen molar-refractivity contribution < 1.29 is 14.3 Å². The van der Waals surface area contributed by atoms with Crippen LogP contribution in [-0.2, 0) is 16.0 Å². The standard InChI is InChI=1S/C25H21ClN2O3S/c1-2-31-25(30)24-21(27-23(29)14-17-6-4-3-5-7-17)15-22(26)28(24)20-10-8-18(9-11-20)19-12-13-32-16-19/h3-13,15-16H,2,14H2,1H3,(H,27,29). The van der Waals surface area contributed by atoms with Crippen LogP contribution in [0.15, 0.2) is 77.5 Å². The van der Waals surface area contributed by atoms with E-state index in [9.17, 15) is 9.59 Å². The summed E-state index contributed by atoms with van der Waals surface area (Å²) in [6, 6.07) is 20.7. The summed E-state index contributed by atoms with van der Waals surface area (Å²) >= 11 is 8.15. The molecule has 4 rings (SSSR count). The Balaban J connectivity index is 1.67. The first-order valence-electron chi connectivity index (χ1n) is 10.1. The van der Waals surface area contributed by atoms with Crippen LogP contribution in [0.2, 0.25) is 5.15 Å². The average Bonchev–Trinajstić information content (AvgIpc) is 3.43. The third-order valence-corrected chi connectivity index (χ3v) is 5.85. The van der Waals surface area contributed by atoms with Gasteiger partial charge >= 0.3 is 5.97 Å². The largest absolute Gasteiger partial charge is 0.461 e. The summed E-state index contributed by atoms with van der Waals surface area (Å²) in [5, 5.41) is 7.21. The Kier molecular flexibility index (Phi) is 6.73. The van der Waals surface area contributed by atoms with Gasteiger partial charge in [0.15, 0.2) is 5.69 Å². The molecular weight excluding hydrogens is 444 g/mol. The van der Waals surface area contributed by atoms with Gasteiger partial charge in [0.05, 0.1) is 18.7 Å². The third-order valence-electron chi connectivity index (χ3n) is 4.89. The molecule has 0 unspecified atom stereocenters. The predicted octanol–water partition coefficient (Wildman–Crippen LogP) is 6.22. The lowest BCUT2D eigenvalue weighted by Crippen LogP contribution is -2.18. The first kappa shape index (κ1) is 21.9. The number of amides is 1. The Labute approximate surface area is 195 Å². The number of benzene rings is 2. The van der Waals surface area contributed by atoms with Gasteiger partial charge in [0.2, 0.25) is 5.91 Å². The fourth-order valence-corrected chi connectivity index (χ4v) is 4.39. The molecule has 1 amide bonds. The SMILES string of the molecule is CCOC(=O)c1c(NC(=O)Cc2ccccc2)cc(Cl)n1-c1ccc(-c2ccsc2)cc1. The van der Waals surface area contributed by atoms with Crippen molar-refractivity contribution in [1.29, 1.82) is 0 Å². The lowest BCUT2D eigenvalue weighted by atomic mass is 10.1. The molecule has 32 heavy (non-hydrogen) atoms. The van der Waals surface area contributed by atoms with Crippen molar-refractivity contribution in [2.75, 3.05) is 11.9 Å². The molecule has 0 aliphatic carbocycles. The van der Waals surface area contributed by atoms with Gasteiger partial charge in [-0.05, 0) is 58.6 Å². The zero-order chi connectivity index (χ0) is 22.5. The summed E-state index contributed by atoms with van der Waals surface area (Å²) in [4.78, 5) is 25.4. The summed E-state index contributed by atoms with van der Waals surface area (Å²) in [5.41, 5.74) is 4.25. The summed E-state index contributed by atoms with van der Waals surface area (Å²) in [5.74, 6) is -0.806. The molecule has 0 bridgehead atoms. The van der Waals surface area contributed by atoms with Gasteiger partial charge in [-0.15, -0.1) is 0 Å². The molecule has 0 fully saturated rings. The minimum absolute atomic E-state index is 0.182. The van der Waals surface area contributed by atoms with E-state index < -0.39 is 5.97 Å². The van der Waals surface area contributed by atoms with Crippen LogP contribution in [0.5, 0.6) is 0 Å². The van der Waals surface area contributed by atoms with Crippen LogP contribution < -0.4 is 5.32 Å². The van der Waals surface area contributed by atoms with Crippen molar-refractivity contribution in [2.24, 2.45) is 0 Å². The van der Waals surface area contributed by atoms with E-state index in [4.69, 9.17) is 16.3 Å². The second kappa shape index (κ2) is 9.85. The molecule has 4 aromatic rings. The zero-order valence-corrected chi connectivity index (χ0v) is 19.0. The molecule has 2 aromatic heterocycles. The van der Waals surface area contributed by atoms with Crippen molar-refractivity contribution >= 4 is 40.5 Å². The summed E-state index contributed by atoms with van der Waals surface area (Å²) in [6.45, 7) is 1.94. The molecule has 2 aromatic carbocycles. The van der Waals surface area contributed by atoms with Gasteiger partial charge in [-0.2, -0.15) is 11.3 Å². The van der Waals surface area contributed by atoms with Crippen LogP contribution in [0, 0.1) is 0 Å². The molecule has 0 spiro atoms. The van der Waals surface area contributed by atoms with Crippen molar-refractivity contribution in [3.63, 3.8) is 0 Å². The van der Waals surface area contributed by atoms with E-state index >= 15 is 0 Å². The molecule has 162 valence electrons. The molecule has 0 radical (unpaired) electrons. The van der Waals surface area contributed by atoms with Gasteiger partial charge in [0.1, 0.15) is 5.15 Å². The van der Waals surface area contributed by atoms with E-state index in [1.165, 1.54) is 0 Å². The van der Waals surface area contributed by atoms with E-state index in [1.807, 2.05) is 66.0 Å². The Morgan fingerprint density at radius 2 is 1.78 bits per heavy atom. The fourth-order valence-electron chi connectivity index (χ4n) is 3.44. The normalized spacial score (nSPS) is 10.7. The molecule has 2 heterocycles. The highest BCUT2D eigenvalue weighted by Gasteiger charge is 2.24. The molecule has 0 atom stereocenters. The highest BCUT2D eigenvalue weighted by atomic mass is 35.5. The predicted molar refractivity (Wildman–Crippen MR) is 129 cm³/mol. The van der Waals surface area contributed by atoms with E-state index in [0.717, 1.165) is 16.7 Å². The summed E-state index contributed by atoms with van der Waals surface area (Å²) in [7, 11) is 0. The molecule has 0 aliphatic heterocycles. The number of nitrogens with one attached hydrogen (secondary N) is 1. The van der Waals surface area contributed by atoms with Crippen molar-refractivity contribution in [3.8, 4) is 16.8 Å². The number of hydrogen-bond acceptors (Lipinski definition) is 4. The topological polar surface area (TPSA) is 60.3 Å². The van der Waals surface area contributed by atoms with Crippen molar-refractivity contribution in [2.45, 2.75) is 13.3 Å². The van der Waals surface area contributed by atoms with Crippen LogP contribution in [0.4, 0.5) is 5.69 Å². The molecule has 0 saturated carbocycles. The van der Waals surface area contributed by atoms with E-state index in [0.29, 0.717) is 16.5 Å². The number of carbonyl (C=O) groups is 2. The second-order valence-corrected chi connectivity index (χ2v) is 8.22. The van der Waals surface area contributed by atoms with E-state index in [-0.39, 0.29) is 24.6 Å². The van der Waals surface area contributed by atoms with E-state index in [2.05, 4.69) is 10.7 Å². The average molecular weight is 465 g/mol. The first-order chi connectivity index (χ1) is 15.6. The van der Waals surface area contributed by atoms with Crippen LogP contribution in [0.3, 0.4) is 0 Å². The van der Waals surface area contributed by atoms with E-state index in [1.54, 1.807) is 28.9 Å². The summed E-state index contributed by atoms with van der Waals surface area (Å²) in [6.07, 6.45) is 0.182. The van der Waals surface area contributed by atoms with Crippen molar-refractivity contribution in [3.05, 3.63) is 93.9 Å². The van der Waals surface area contributed by atoms with Crippen LogP contribution in [0.25, 0.3) is 16.8 Å². The maximum absolute atomic E-state index is 12.8. The lowest BCUT2D eigenvalue weighted by molar-refractivity contribution is -0.115. The molecule has 5 nitrogen and oxygen atoms in total. The number of esters is 1. The Morgan fingerprint density at radius 1 is 1.03 bits per heavy atom. The number of rotatable bonds is 7. The minimum Gasteiger partial charge on any atom is -0.461 e. The summed E-state index contributed by atoms with van der Waals surface area (Å²) < 4.78 is 6.85. The number of hydrogen-bond donors (Lipinski definition) is 1. The highest BCUT2D eigenvalue weighted by Crippen LogP contribution is 2.31. The second-order valence-electron chi connectivity index (χ2n) is 7.05. The number of carbonyl (C=O) groups excluding carboxylic acids is 2. The quantitative estimate of drug-likeness (QED) is 0.330. The maximum Gasteiger partial charge on any atom is 0.357 e. The maximum atomic E-state index is 12.8. The molecule has 1 N–H and O–H groups in total. The van der Waals surface area contributed by atoms with Gasteiger partial charge in [0.25, 0.3) is 0 Å². The highest BCUT2D eigenvalue weighted by molar-refractivity contribution is 7.08.